The van der Waals surface area contributed by atoms with Crippen LogP contribution in [0, 0.1) is 0 Å². The molecule has 1 aromatic rings. The standard InChI is InChI=1S/C13H16Cl2N2O/c1-9-8-16(2)5-6-17(9)13(18)10-3-4-11(14)12(15)7-10/h3-4,7,9H,5-6,8H2,1-2H3. The van der Waals surface area contributed by atoms with Gasteiger partial charge in [-0.15, -0.1) is 0 Å². The van der Waals surface area contributed by atoms with Crippen molar-refractivity contribution in [1.29, 1.82) is 0 Å². The highest BCUT2D eigenvalue weighted by Crippen LogP contribution is 2.24. The van der Waals surface area contributed by atoms with Crippen molar-refractivity contribution in [3.8, 4) is 0 Å². The Balaban J connectivity index is 2.18. The van der Waals surface area contributed by atoms with E-state index in [0.717, 1.165) is 19.6 Å². The maximum Gasteiger partial charge on any atom is 0.254 e. The Hall–Kier alpha value is -0.770. The maximum atomic E-state index is 12.4. The van der Waals surface area contributed by atoms with Crippen molar-refractivity contribution in [3.63, 3.8) is 0 Å². The number of piperazine rings is 1. The van der Waals surface area contributed by atoms with E-state index in [1.807, 2.05) is 4.90 Å². The van der Waals surface area contributed by atoms with Gasteiger partial charge in [-0.3, -0.25) is 4.79 Å². The fraction of sp³-hybridized carbons (Fsp3) is 0.462. The average Bonchev–Trinajstić information content (AvgIpc) is 2.32. The molecule has 1 aliphatic rings. The predicted octanol–water partition coefficient (Wildman–Crippen LogP) is 2.77. The predicted molar refractivity (Wildman–Crippen MR) is 74.5 cm³/mol. The highest BCUT2D eigenvalue weighted by molar-refractivity contribution is 6.42. The molecule has 1 amide bonds. The number of amides is 1. The lowest BCUT2D eigenvalue weighted by atomic mass is 10.1. The van der Waals surface area contributed by atoms with E-state index in [9.17, 15) is 4.79 Å². The molecule has 0 aliphatic carbocycles. The first-order valence-electron chi connectivity index (χ1n) is 5.93. The van der Waals surface area contributed by atoms with Crippen molar-refractivity contribution in [2.75, 3.05) is 26.7 Å². The lowest BCUT2D eigenvalue weighted by Crippen LogP contribution is -2.52. The number of carbonyl (C=O) groups excluding carboxylic acids is 1. The molecule has 5 heteroatoms. The normalized spacial score (nSPS) is 21.1. The van der Waals surface area contributed by atoms with Crippen LogP contribution in [0.2, 0.25) is 10.0 Å². The molecular weight excluding hydrogens is 271 g/mol. The van der Waals surface area contributed by atoms with Crippen molar-refractivity contribution in [3.05, 3.63) is 33.8 Å². The van der Waals surface area contributed by atoms with Crippen molar-refractivity contribution in [1.82, 2.24) is 9.80 Å². The Morgan fingerprint density at radius 2 is 2.00 bits per heavy atom. The topological polar surface area (TPSA) is 23.6 Å². The summed E-state index contributed by atoms with van der Waals surface area (Å²) < 4.78 is 0. The van der Waals surface area contributed by atoms with E-state index in [-0.39, 0.29) is 11.9 Å². The molecule has 1 atom stereocenters. The van der Waals surface area contributed by atoms with Gasteiger partial charge in [-0.1, -0.05) is 23.2 Å². The second-order valence-corrected chi connectivity index (χ2v) is 5.55. The van der Waals surface area contributed by atoms with Crippen LogP contribution in [0.3, 0.4) is 0 Å². The monoisotopic (exact) mass is 286 g/mol. The summed E-state index contributed by atoms with van der Waals surface area (Å²) in [7, 11) is 2.07. The van der Waals surface area contributed by atoms with Crippen LogP contribution in [-0.4, -0.2) is 48.4 Å². The van der Waals surface area contributed by atoms with E-state index >= 15 is 0 Å². The summed E-state index contributed by atoms with van der Waals surface area (Å²) >= 11 is 11.8. The minimum absolute atomic E-state index is 0.0224. The number of rotatable bonds is 1. The number of likely N-dealkylation sites (N-methyl/N-ethyl adjacent to an activating group) is 1. The first kappa shape index (κ1) is 13.7. The summed E-state index contributed by atoms with van der Waals surface area (Å²) in [5.41, 5.74) is 0.598. The molecule has 3 nitrogen and oxygen atoms in total. The van der Waals surface area contributed by atoms with E-state index < -0.39 is 0 Å². The lowest BCUT2D eigenvalue weighted by molar-refractivity contribution is 0.0533. The van der Waals surface area contributed by atoms with Gasteiger partial charge in [0.25, 0.3) is 5.91 Å². The summed E-state index contributed by atoms with van der Waals surface area (Å²) in [4.78, 5) is 16.5. The Kier molecular flexibility index (Phi) is 4.15. The molecule has 18 heavy (non-hydrogen) atoms. The van der Waals surface area contributed by atoms with Gasteiger partial charge < -0.3 is 9.80 Å². The molecule has 0 radical (unpaired) electrons. The largest absolute Gasteiger partial charge is 0.333 e. The Labute approximate surface area is 117 Å². The summed E-state index contributed by atoms with van der Waals surface area (Å²) in [6.07, 6.45) is 0. The molecule has 1 fully saturated rings. The Morgan fingerprint density at radius 3 is 2.61 bits per heavy atom. The summed E-state index contributed by atoms with van der Waals surface area (Å²) in [5, 5.41) is 0.893. The van der Waals surface area contributed by atoms with E-state index in [4.69, 9.17) is 23.2 Å². The van der Waals surface area contributed by atoms with Crippen LogP contribution in [0.5, 0.6) is 0 Å². The average molecular weight is 287 g/mol. The van der Waals surface area contributed by atoms with Gasteiger partial charge in [-0.05, 0) is 32.2 Å². The molecule has 0 N–H and O–H groups in total. The number of hydrogen-bond donors (Lipinski definition) is 0. The van der Waals surface area contributed by atoms with Crippen LogP contribution in [0.1, 0.15) is 17.3 Å². The molecule has 1 saturated heterocycles. The zero-order valence-electron chi connectivity index (χ0n) is 10.5. The van der Waals surface area contributed by atoms with Gasteiger partial charge >= 0.3 is 0 Å². The number of hydrogen-bond acceptors (Lipinski definition) is 2. The van der Waals surface area contributed by atoms with Crippen LogP contribution >= 0.6 is 23.2 Å². The highest BCUT2D eigenvalue weighted by Gasteiger charge is 2.26. The second-order valence-electron chi connectivity index (χ2n) is 4.74. The molecule has 98 valence electrons. The van der Waals surface area contributed by atoms with Crippen molar-refractivity contribution in [2.45, 2.75) is 13.0 Å². The van der Waals surface area contributed by atoms with Gasteiger partial charge in [0.1, 0.15) is 0 Å². The third-order valence-corrected chi connectivity index (χ3v) is 4.00. The van der Waals surface area contributed by atoms with E-state index in [0.29, 0.717) is 15.6 Å². The fourth-order valence-electron chi connectivity index (χ4n) is 2.24. The SMILES string of the molecule is CC1CN(C)CCN1C(=O)c1ccc(Cl)c(Cl)c1. The second kappa shape index (κ2) is 5.47. The number of nitrogens with zero attached hydrogens (tertiary/aromatic N) is 2. The first-order valence-corrected chi connectivity index (χ1v) is 6.69. The van der Waals surface area contributed by atoms with Crippen LogP contribution in [-0.2, 0) is 0 Å². The van der Waals surface area contributed by atoms with Crippen LogP contribution in [0.15, 0.2) is 18.2 Å². The molecular formula is C13H16Cl2N2O. The Morgan fingerprint density at radius 1 is 1.28 bits per heavy atom. The van der Waals surface area contributed by atoms with Gasteiger partial charge in [0.05, 0.1) is 10.0 Å². The molecule has 1 aromatic carbocycles. The molecule has 0 spiro atoms. The zero-order valence-corrected chi connectivity index (χ0v) is 12.0. The number of carbonyl (C=O) groups is 1. The quantitative estimate of drug-likeness (QED) is 0.793. The van der Waals surface area contributed by atoms with Gasteiger partial charge in [0.2, 0.25) is 0 Å². The zero-order chi connectivity index (χ0) is 13.3. The number of benzene rings is 1. The van der Waals surface area contributed by atoms with Crippen LogP contribution in [0.25, 0.3) is 0 Å². The van der Waals surface area contributed by atoms with Crippen LogP contribution < -0.4 is 0 Å². The van der Waals surface area contributed by atoms with Crippen molar-refractivity contribution in [2.24, 2.45) is 0 Å². The Bertz CT molecular complexity index is 464. The van der Waals surface area contributed by atoms with E-state index in [1.54, 1.807) is 18.2 Å². The van der Waals surface area contributed by atoms with Crippen molar-refractivity contribution < 1.29 is 4.79 Å². The third-order valence-electron chi connectivity index (χ3n) is 3.26. The molecule has 1 unspecified atom stereocenters. The minimum Gasteiger partial charge on any atom is -0.333 e. The van der Waals surface area contributed by atoms with Crippen molar-refractivity contribution >= 4 is 29.1 Å². The molecule has 0 saturated carbocycles. The van der Waals surface area contributed by atoms with Gasteiger partial charge in [0.15, 0.2) is 0 Å². The molecule has 1 aliphatic heterocycles. The smallest absolute Gasteiger partial charge is 0.254 e. The molecule has 2 rings (SSSR count). The highest BCUT2D eigenvalue weighted by atomic mass is 35.5. The summed E-state index contributed by atoms with van der Waals surface area (Å²) in [6, 6.07) is 5.24. The van der Waals surface area contributed by atoms with Gasteiger partial charge in [-0.25, -0.2) is 0 Å². The minimum atomic E-state index is 0.0224. The number of halogens is 2. The first-order chi connectivity index (χ1) is 8.49. The third kappa shape index (κ3) is 2.79. The van der Waals surface area contributed by atoms with E-state index in [1.165, 1.54) is 0 Å². The lowest BCUT2D eigenvalue weighted by Gasteiger charge is -2.38. The molecule has 0 aromatic heterocycles. The van der Waals surface area contributed by atoms with Gasteiger partial charge in [0, 0.05) is 31.2 Å². The maximum absolute atomic E-state index is 12.4. The molecule has 1 heterocycles. The summed E-state index contributed by atoms with van der Waals surface area (Å²) in [6.45, 7) is 4.60. The fourth-order valence-corrected chi connectivity index (χ4v) is 2.53. The summed E-state index contributed by atoms with van der Waals surface area (Å²) in [5.74, 6) is 0.0224. The van der Waals surface area contributed by atoms with E-state index in [2.05, 4.69) is 18.9 Å². The van der Waals surface area contributed by atoms with Gasteiger partial charge in [-0.2, -0.15) is 0 Å². The van der Waals surface area contributed by atoms with Crippen LogP contribution in [0.4, 0.5) is 0 Å². The molecule has 0 bridgehead atoms.